The van der Waals surface area contributed by atoms with Gasteiger partial charge in [-0.25, -0.2) is 4.79 Å². The summed E-state index contributed by atoms with van der Waals surface area (Å²) in [6.45, 7) is 1.90. The fourth-order valence-electron chi connectivity index (χ4n) is 1.96. The van der Waals surface area contributed by atoms with Gasteiger partial charge in [-0.15, -0.1) is 0 Å². The minimum atomic E-state index is -0.304. The first-order valence-corrected chi connectivity index (χ1v) is 5.85. The average molecular weight is 235 g/mol. The number of carbonyl (C=O) groups excluding carboxylic acids is 1. The lowest BCUT2D eigenvalue weighted by molar-refractivity contribution is -0.145. The highest BCUT2D eigenvalue weighted by Crippen LogP contribution is 2.12. The molecule has 4 nitrogen and oxygen atoms in total. The van der Waals surface area contributed by atoms with Crippen molar-refractivity contribution in [1.82, 2.24) is 4.90 Å². The Morgan fingerprint density at radius 1 is 1.65 bits per heavy atom. The number of likely N-dealkylation sites (N-methyl/N-ethyl adjacent to an activating group) is 1. The fourth-order valence-corrected chi connectivity index (χ4v) is 1.96. The van der Waals surface area contributed by atoms with Gasteiger partial charge in [0.2, 0.25) is 0 Å². The number of hydrogen-bond donors (Lipinski definition) is 0. The molecule has 92 valence electrons. The molecule has 1 aromatic rings. The molecule has 4 heteroatoms. The standard InChI is InChI=1S/C13H17NO3/c1-14-8-2-4-12(10-14)17-13(15)7-6-11-5-3-9-16-11/h3,5-7,9,12H,2,4,8,10H2,1H3/b7-6+. The summed E-state index contributed by atoms with van der Waals surface area (Å²) in [6, 6.07) is 3.57. The van der Waals surface area contributed by atoms with Gasteiger partial charge in [-0.1, -0.05) is 0 Å². The van der Waals surface area contributed by atoms with Crippen molar-refractivity contribution in [3.8, 4) is 0 Å². The van der Waals surface area contributed by atoms with E-state index in [0.29, 0.717) is 5.76 Å². The molecule has 0 radical (unpaired) electrons. The summed E-state index contributed by atoms with van der Waals surface area (Å²) in [5.41, 5.74) is 0. The van der Waals surface area contributed by atoms with E-state index < -0.39 is 0 Å². The second kappa shape index (κ2) is 5.68. The Hall–Kier alpha value is -1.55. The SMILES string of the molecule is CN1CCCC(OC(=O)/C=C/c2ccco2)C1. The first kappa shape index (κ1) is 11.9. The molecule has 0 aliphatic carbocycles. The van der Waals surface area contributed by atoms with Crippen LogP contribution in [0.25, 0.3) is 6.08 Å². The van der Waals surface area contributed by atoms with Crippen molar-refractivity contribution in [3.63, 3.8) is 0 Å². The molecular weight excluding hydrogens is 218 g/mol. The Labute approximate surface area is 101 Å². The number of nitrogens with zero attached hydrogens (tertiary/aromatic N) is 1. The molecule has 1 atom stereocenters. The van der Waals surface area contributed by atoms with Crippen LogP contribution in [0.5, 0.6) is 0 Å². The molecular formula is C13H17NO3. The Kier molecular flexibility index (Phi) is 3.98. The molecule has 0 bridgehead atoms. The van der Waals surface area contributed by atoms with Gasteiger partial charge in [0, 0.05) is 12.6 Å². The molecule has 1 aromatic heterocycles. The lowest BCUT2D eigenvalue weighted by Gasteiger charge is -2.28. The zero-order valence-corrected chi connectivity index (χ0v) is 9.96. The van der Waals surface area contributed by atoms with Crippen LogP contribution in [0, 0.1) is 0 Å². The van der Waals surface area contributed by atoms with Crippen molar-refractivity contribution in [2.45, 2.75) is 18.9 Å². The van der Waals surface area contributed by atoms with E-state index in [9.17, 15) is 4.79 Å². The molecule has 0 amide bonds. The predicted molar refractivity (Wildman–Crippen MR) is 64.4 cm³/mol. The predicted octanol–water partition coefficient (Wildman–Crippen LogP) is 1.93. The summed E-state index contributed by atoms with van der Waals surface area (Å²) in [7, 11) is 2.04. The molecule has 0 aromatic carbocycles. The highest BCUT2D eigenvalue weighted by Gasteiger charge is 2.19. The maximum atomic E-state index is 11.5. The van der Waals surface area contributed by atoms with Gasteiger partial charge in [0.25, 0.3) is 0 Å². The molecule has 17 heavy (non-hydrogen) atoms. The van der Waals surface area contributed by atoms with Crippen molar-refractivity contribution >= 4 is 12.0 Å². The maximum Gasteiger partial charge on any atom is 0.331 e. The van der Waals surface area contributed by atoms with Crippen LogP contribution in [0.1, 0.15) is 18.6 Å². The third kappa shape index (κ3) is 3.75. The zero-order valence-electron chi connectivity index (χ0n) is 9.96. The molecule has 0 spiro atoms. The lowest BCUT2D eigenvalue weighted by Crippen LogP contribution is -2.37. The van der Waals surface area contributed by atoms with Gasteiger partial charge in [-0.05, 0) is 44.6 Å². The van der Waals surface area contributed by atoms with Crippen LogP contribution in [0.2, 0.25) is 0 Å². The van der Waals surface area contributed by atoms with Crippen LogP contribution in [0.4, 0.5) is 0 Å². The van der Waals surface area contributed by atoms with Crippen LogP contribution in [0.3, 0.4) is 0 Å². The molecule has 0 saturated carbocycles. The van der Waals surface area contributed by atoms with Gasteiger partial charge in [-0.3, -0.25) is 0 Å². The van der Waals surface area contributed by atoms with Gasteiger partial charge in [-0.2, -0.15) is 0 Å². The normalized spacial score (nSPS) is 21.8. The van der Waals surface area contributed by atoms with Crippen LogP contribution < -0.4 is 0 Å². The molecule has 1 fully saturated rings. The third-order valence-corrected chi connectivity index (χ3v) is 2.79. The minimum absolute atomic E-state index is 0.0162. The summed E-state index contributed by atoms with van der Waals surface area (Å²) < 4.78 is 10.4. The van der Waals surface area contributed by atoms with E-state index in [1.165, 1.54) is 6.08 Å². The minimum Gasteiger partial charge on any atom is -0.465 e. The van der Waals surface area contributed by atoms with E-state index in [0.717, 1.165) is 25.9 Å². The number of ether oxygens (including phenoxy) is 1. The van der Waals surface area contributed by atoms with Crippen molar-refractivity contribution in [2.24, 2.45) is 0 Å². The zero-order chi connectivity index (χ0) is 12.1. The summed E-state index contributed by atoms with van der Waals surface area (Å²) in [5.74, 6) is 0.351. The van der Waals surface area contributed by atoms with E-state index in [4.69, 9.17) is 9.15 Å². The second-order valence-corrected chi connectivity index (χ2v) is 4.31. The van der Waals surface area contributed by atoms with Crippen LogP contribution >= 0.6 is 0 Å². The molecule has 1 aliphatic rings. The van der Waals surface area contributed by atoms with Crippen LogP contribution in [0.15, 0.2) is 28.9 Å². The number of furan rings is 1. The first-order valence-electron chi connectivity index (χ1n) is 5.85. The first-order chi connectivity index (χ1) is 8.24. The second-order valence-electron chi connectivity index (χ2n) is 4.31. The Morgan fingerprint density at radius 3 is 3.24 bits per heavy atom. The fraction of sp³-hybridized carbons (Fsp3) is 0.462. The topological polar surface area (TPSA) is 42.7 Å². The van der Waals surface area contributed by atoms with Crippen molar-refractivity contribution < 1.29 is 13.9 Å². The number of esters is 1. The Balaban J connectivity index is 1.80. The largest absolute Gasteiger partial charge is 0.465 e. The van der Waals surface area contributed by atoms with Gasteiger partial charge in [0.05, 0.1) is 6.26 Å². The van der Waals surface area contributed by atoms with Gasteiger partial charge in [0.15, 0.2) is 0 Å². The van der Waals surface area contributed by atoms with E-state index >= 15 is 0 Å². The molecule has 2 heterocycles. The van der Waals surface area contributed by atoms with Gasteiger partial charge in [0.1, 0.15) is 11.9 Å². The molecule has 1 saturated heterocycles. The number of hydrogen-bond acceptors (Lipinski definition) is 4. The van der Waals surface area contributed by atoms with E-state index in [1.807, 2.05) is 7.05 Å². The van der Waals surface area contributed by atoms with Gasteiger partial charge < -0.3 is 14.1 Å². The van der Waals surface area contributed by atoms with Crippen molar-refractivity contribution in [2.75, 3.05) is 20.1 Å². The van der Waals surface area contributed by atoms with E-state index in [1.54, 1.807) is 24.5 Å². The number of rotatable bonds is 3. The van der Waals surface area contributed by atoms with Crippen molar-refractivity contribution in [3.05, 3.63) is 30.2 Å². The maximum absolute atomic E-state index is 11.5. The lowest BCUT2D eigenvalue weighted by atomic mass is 10.1. The summed E-state index contributed by atoms with van der Waals surface area (Å²) >= 11 is 0. The molecule has 0 N–H and O–H groups in total. The number of carbonyl (C=O) groups is 1. The summed E-state index contributed by atoms with van der Waals surface area (Å²) in [5, 5.41) is 0. The molecule has 1 aliphatic heterocycles. The average Bonchev–Trinajstić information content (AvgIpc) is 2.79. The van der Waals surface area contributed by atoms with E-state index in [2.05, 4.69) is 4.90 Å². The number of likely N-dealkylation sites (tertiary alicyclic amines) is 1. The van der Waals surface area contributed by atoms with Crippen molar-refractivity contribution in [1.29, 1.82) is 0 Å². The highest BCUT2D eigenvalue weighted by atomic mass is 16.5. The highest BCUT2D eigenvalue weighted by molar-refractivity contribution is 5.86. The van der Waals surface area contributed by atoms with Gasteiger partial charge >= 0.3 is 5.97 Å². The third-order valence-electron chi connectivity index (χ3n) is 2.79. The number of piperidine rings is 1. The monoisotopic (exact) mass is 235 g/mol. The van der Waals surface area contributed by atoms with E-state index in [-0.39, 0.29) is 12.1 Å². The van der Waals surface area contributed by atoms with Crippen LogP contribution in [-0.2, 0) is 9.53 Å². The molecule has 1 unspecified atom stereocenters. The quantitative estimate of drug-likeness (QED) is 0.593. The Bertz CT molecular complexity index is 383. The summed E-state index contributed by atoms with van der Waals surface area (Å²) in [6.07, 6.45) is 6.65. The summed E-state index contributed by atoms with van der Waals surface area (Å²) in [4.78, 5) is 13.7. The smallest absolute Gasteiger partial charge is 0.331 e. The van der Waals surface area contributed by atoms with Crippen LogP contribution in [-0.4, -0.2) is 37.1 Å². The molecule has 2 rings (SSSR count). The Morgan fingerprint density at radius 2 is 2.53 bits per heavy atom.